The molecule has 130 valence electrons. The Morgan fingerprint density at radius 2 is 1.96 bits per heavy atom. The van der Waals surface area contributed by atoms with E-state index in [0.29, 0.717) is 0 Å². The standard InChI is InChI=1S/C16H15ClF3NO3/c1-15(23,9-3-6-13(22)21-8-9)16(20,14(18)19)11-5-4-10(24-2)7-12(11)17/h3-8,14,23H,1-2H3,(H,21,22). The van der Waals surface area contributed by atoms with Crippen LogP contribution in [0.15, 0.2) is 41.3 Å². The third-order valence-electron chi connectivity index (χ3n) is 3.92. The van der Waals surface area contributed by atoms with E-state index < -0.39 is 28.8 Å². The lowest BCUT2D eigenvalue weighted by atomic mass is 9.76. The summed E-state index contributed by atoms with van der Waals surface area (Å²) >= 11 is 5.93. The lowest BCUT2D eigenvalue weighted by Crippen LogP contribution is -2.49. The summed E-state index contributed by atoms with van der Waals surface area (Å²) in [5.74, 6) is 0.254. The fraction of sp³-hybridized carbons (Fsp3) is 0.312. The number of hydrogen-bond acceptors (Lipinski definition) is 3. The van der Waals surface area contributed by atoms with Gasteiger partial charge in [-0.05, 0) is 25.1 Å². The molecular formula is C16H15ClF3NO3. The van der Waals surface area contributed by atoms with E-state index in [-0.39, 0.29) is 16.3 Å². The van der Waals surface area contributed by atoms with Crippen molar-refractivity contribution in [2.75, 3.05) is 7.11 Å². The molecule has 0 spiro atoms. The molecule has 2 atom stereocenters. The van der Waals surface area contributed by atoms with Gasteiger partial charge < -0.3 is 14.8 Å². The summed E-state index contributed by atoms with van der Waals surface area (Å²) in [5.41, 5.74) is -7.51. The zero-order valence-electron chi connectivity index (χ0n) is 12.8. The summed E-state index contributed by atoms with van der Waals surface area (Å²) in [5, 5.41) is 10.3. The van der Waals surface area contributed by atoms with Gasteiger partial charge in [0, 0.05) is 23.4 Å². The Kier molecular flexibility index (Phi) is 4.96. The SMILES string of the molecule is COc1ccc(C(F)(C(F)F)C(C)(O)c2ccc(=O)[nH]c2)c(Cl)c1. The van der Waals surface area contributed by atoms with Crippen molar-refractivity contribution in [3.63, 3.8) is 0 Å². The lowest BCUT2D eigenvalue weighted by molar-refractivity contribution is -0.176. The molecule has 0 amide bonds. The summed E-state index contributed by atoms with van der Waals surface area (Å²) in [6.45, 7) is 0.896. The van der Waals surface area contributed by atoms with Gasteiger partial charge in [-0.15, -0.1) is 0 Å². The van der Waals surface area contributed by atoms with Crippen LogP contribution < -0.4 is 10.3 Å². The molecule has 2 N–H and O–H groups in total. The number of hydrogen-bond donors (Lipinski definition) is 2. The molecule has 0 bridgehead atoms. The summed E-state index contributed by atoms with van der Waals surface area (Å²) in [6.07, 6.45) is -2.61. The number of benzene rings is 1. The highest BCUT2D eigenvalue weighted by Gasteiger charge is 2.58. The van der Waals surface area contributed by atoms with E-state index in [0.717, 1.165) is 31.3 Å². The summed E-state index contributed by atoms with van der Waals surface area (Å²) in [7, 11) is 1.34. The van der Waals surface area contributed by atoms with Crippen molar-refractivity contribution in [3.8, 4) is 5.75 Å². The molecule has 0 aliphatic heterocycles. The Balaban J connectivity index is 2.66. The highest BCUT2D eigenvalue weighted by molar-refractivity contribution is 6.31. The predicted octanol–water partition coefficient (Wildman–Crippen LogP) is 3.37. The van der Waals surface area contributed by atoms with Crippen LogP contribution in [0, 0.1) is 0 Å². The van der Waals surface area contributed by atoms with Crippen LogP contribution in [-0.4, -0.2) is 23.6 Å². The number of H-pyrrole nitrogens is 1. The molecule has 0 aliphatic carbocycles. The van der Waals surface area contributed by atoms with Gasteiger partial charge in [0.05, 0.1) is 12.1 Å². The van der Waals surface area contributed by atoms with Crippen molar-refractivity contribution < 1.29 is 23.0 Å². The van der Waals surface area contributed by atoms with Crippen molar-refractivity contribution in [3.05, 3.63) is 63.0 Å². The molecule has 1 aromatic heterocycles. The Morgan fingerprint density at radius 3 is 2.42 bits per heavy atom. The first-order valence-corrected chi connectivity index (χ1v) is 7.25. The van der Waals surface area contributed by atoms with Gasteiger partial charge in [-0.2, -0.15) is 0 Å². The van der Waals surface area contributed by atoms with Crippen LogP contribution in [0.3, 0.4) is 0 Å². The minimum Gasteiger partial charge on any atom is -0.497 e. The molecule has 0 saturated carbocycles. The van der Waals surface area contributed by atoms with Crippen LogP contribution in [0.2, 0.25) is 5.02 Å². The van der Waals surface area contributed by atoms with E-state index in [4.69, 9.17) is 16.3 Å². The molecule has 2 unspecified atom stereocenters. The van der Waals surface area contributed by atoms with Crippen molar-refractivity contribution in [1.29, 1.82) is 0 Å². The van der Waals surface area contributed by atoms with Gasteiger partial charge in [0.1, 0.15) is 11.4 Å². The van der Waals surface area contributed by atoms with Gasteiger partial charge in [-0.3, -0.25) is 4.79 Å². The molecule has 1 aromatic carbocycles. The highest BCUT2D eigenvalue weighted by Crippen LogP contribution is 2.50. The fourth-order valence-electron chi connectivity index (χ4n) is 2.43. The average molecular weight is 362 g/mol. The second-order valence-corrected chi connectivity index (χ2v) is 5.78. The Bertz CT molecular complexity index is 774. The molecule has 0 aliphatic rings. The van der Waals surface area contributed by atoms with Gasteiger partial charge in [0.25, 0.3) is 6.43 Å². The van der Waals surface area contributed by atoms with E-state index in [2.05, 4.69) is 4.98 Å². The van der Waals surface area contributed by atoms with E-state index in [9.17, 15) is 18.7 Å². The molecule has 0 saturated heterocycles. The summed E-state index contributed by atoms with van der Waals surface area (Å²) in [4.78, 5) is 13.3. The Hall–Kier alpha value is -1.99. The first kappa shape index (κ1) is 18.4. The number of pyridine rings is 1. The van der Waals surface area contributed by atoms with Crippen LogP contribution in [0.1, 0.15) is 18.1 Å². The molecular weight excluding hydrogens is 347 g/mol. The van der Waals surface area contributed by atoms with Crippen molar-refractivity contribution >= 4 is 11.6 Å². The number of rotatable bonds is 5. The van der Waals surface area contributed by atoms with Gasteiger partial charge in [-0.25, -0.2) is 13.2 Å². The van der Waals surface area contributed by atoms with Crippen LogP contribution >= 0.6 is 11.6 Å². The number of aromatic nitrogens is 1. The minimum atomic E-state index is -3.59. The lowest BCUT2D eigenvalue weighted by Gasteiger charge is -2.39. The minimum absolute atomic E-state index is 0.225. The quantitative estimate of drug-likeness (QED) is 0.858. The summed E-state index contributed by atoms with van der Waals surface area (Å²) < 4.78 is 47.8. The second kappa shape index (κ2) is 6.49. The van der Waals surface area contributed by atoms with Crippen LogP contribution in [0.25, 0.3) is 0 Å². The van der Waals surface area contributed by atoms with Crippen molar-refractivity contribution in [2.24, 2.45) is 0 Å². The fourth-order valence-corrected chi connectivity index (χ4v) is 2.74. The summed E-state index contributed by atoms with van der Waals surface area (Å²) in [6, 6.07) is 5.56. The van der Waals surface area contributed by atoms with Gasteiger partial charge >= 0.3 is 0 Å². The molecule has 2 rings (SSSR count). The van der Waals surface area contributed by atoms with Crippen molar-refractivity contribution in [1.82, 2.24) is 4.98 Å². The first-order valence-electron chi connectivity index (χ1n) is 6.87. The number of methoxy groups -OCH3 is 1. The normalized spacial score (nSPS) is 16.5. The molecule has 24 heavy (non-hydrogen) atoms. The maximum atomic E-state index is 15.5. The van der Waals surface area contributed by atoms with Crippen LogP contribution in [0.5, 0.6) is 5.75 Å². The first-order chi connectivity index (χ1) is 11.1. The van der Waals surface area contributed by atoms with Crippen molar-refractivity contribution in [2.45, 2.75) is 24.6 Å². The molecule has 4 nitrogen and oxygen atoms in total. The molecule has 8 heteroatoms. The smallest absolute Gasteiger partial charge is 0.279 e. The van der Waals surface area contributed by atoms with Crippen LogP contribution in [-0.2, 0) is 11.3 Å². The molecule has 1 heterocycles. The van der Waals surface area contributed by atoms with E-state index >= 15 is 4.39 Å². The number of ether oxygens (including phenoxy) is 1. The van der Waals surface area contributed by atoms with E-state index in [1.807, 2.05) is 0 Å². The number of aromatic amines is 1. The molecule has 0 radical (unpaired) electrons. The van der Waals surface area contributed by atoms with Gasteiger partial charge in [0.15, 0.2) is 0 Å². The topological polar surface area (TPSA) is 62.3 Å². The van der Waals surface area contributed by atoms with Gasteiger partial charge in [0.2, 0.25) is 11.2 Å². The second-order valence-electron chi connectivity index (χ2n) is 5.37. The number of alkyl halides is 3. The zero-order valence-corrected chi connectivity index (χ0v) is 13.6. The van der Waals surface area contributed by atoms with Crippen LogP contribution in [0.4, 0.5) is 13.2 Å². The third kappa shape index (κ3) is 2.89. The number of halogens is 4. The molecule has 2 aromatic rings. The third-order valence-corrected chi connectivity index (χ3v) is 4.24. The number of nitrogens with one attached hydrogen (secondary N) is 1. The highest BCUT2D eigenvalue weighted by atomic mass is 35.5. The Labute approximate surface area is 140 Å². The largest absolute Gasteiger partial charge is 0.497 e. The maximum absolute atomic E-state index is 15.5. The number of aliphatic hydroxyl groups is 1. The van der Waals surface area contributed by atoms with E-state index in [1.165, 1.54) is 19.2 Å². The average Bonchev–Trinajstić information content (AvgIpc) is 2.54. The Morgan fingerprint density at radius 1 is 1.29 bits per heavy atom. The monoisotopic (exact) mass is 361 g/mol. The molecule has 0 fully saturated rings. The zero-order chi connectivity index (χ0) is 18.1. The maximum Gasteiger partial charge on any atom is 0.279 e. The van der Waals surface area contributed by atoms with E-state index in [1.54, 1.807) is 0 Å². The van der Waals surface area contributed by atoms with Gasteiger partial charge in [-0.1, -0.05) is 17.7 Å². The predicted molar refractivity (Wildman–Crippen MR) is 83.4 cm³/mol.